The van der Waals surface area contributed by atoms with Gasteiger partial charge in [-0.1, -0.05) is 0 Å². The quantitative estimate of drug-likeness (QED) is 0.304. The average Bonchev–Trinajstić information content (AvgIpc) is 3.83. The summed E-state index contributed by atoms with van der Waals surface area (Å²) >= 11 is 0. The van der Waals surface area contributed by atoms with Gasteiger partial charge < -0.3 is 20.9 Å². The van der Waals surface area contributed by atoms with Gasteiger partial charge in [0.25, 0.3) is 12.3 Å². The van der Waals surface area contributed by atoms with Crippen LogP contribution in [0.1, 0.15) is 93.2 Å². The Morgan fingerprint density at radius 1 is 1.11 bits per heavy atom. The molecule has 2 bridgehead atoms. The highest BCUT2D eigenvalue weighted by molar-refractivity contribution is 6.12. The summed E-state index contributed by atoms with van der Waals surface area (Å²) in [6.45, 7) is 6.00. The maximum atomic E-state index is 14.2. The molecule has 11 nitrogen and oxygen atoms in total. The van der Waals surface area contributed by atoms with Crippen LogP contribution in [0.5, 0.6) is 0 Å². The average molecular weight is 624 g/mol. The molecular formula is C32H43F2N9O2. The smallest absolute Gasteiger partial charge is 0.284 e. The number of piperidine rings is 2. The number of alkyl halides is 2. The largest absolute Gasteiger partial charge is 0.350 e. The van der Waals surface area contributed by atoms with E-state index < -0.39 is 18.0 Å². The number of fused-ring (bicyclic) bond motifs is 3. The van der Waals surface area contributed by atoms with E-state index in [0.717, 1.165) is 64.1 Å². The number of hydrogen-bond donors (Lipinski definition) is 3. The van der Waals surface area contributed by atoms with Crippen LogP contribution in [0.15, 0.2) is 24.7 Å². The number of ketones is 1. The van der Waals surface area contributed by atoms with Crippen LogP contribution < -0.4 is 20.9 Å². The SMILES string of the molecule is CC(NCCC1CCC(n2cc(NC(=O)c3c(N4C[C@H]5C[C@@H]4CC5=O)nn4cccnc34)c(C(F)F)n2)CC1)C1CCNCC1. The van der Waals surface area contributed by atoms with Gasteiger partial charge in [0, 0.05) is 49.6 Å². The van der Waals surface area contributed by atoms with E-state index in [9.17, 15) is 18.4 Å². The lowest BCUT2D eigenvalue weighted by atomic mass is 9.84. The molecule has 0 spiro atoms. The van der Waals surface area contributed by atoms with Gasteiger partial charge in [-0.05, 0) is 95.8 Å². The summed E-state index contributed by atoms with van der Waals surface area (Å²) in [6.07, 6.45) is 10.5. The molecule has 5 heterocycles. The topological polar surface area (TPSA) is 121 Å². The Bertz CT molecular complexity index is 1530. The predicted molar refractivity (Wildman–Crippen MR) is 166 cm³/mol. The number of Topliss-reactive ketones (excluding diaryl/α,β-unsaturated/α-hetero) is 1. The van der Waals surface area contributed by atoms with Crippen molar-refractivity contribution in [3.05, 3.63) is 35.9 Å². The molecule has 0 aromatic carbocycles. The van der Waals surface area contributed by atoms with Crippen molar-refractivity contribution in [2.45, 2.75) is 89.3 Å². The maximum Gasteiger partial charge on any atom is 0.284 e. The summed E-state index contributed by atoms with van der Waals surface area (Å²) in [5, 5.41) is 18.8. The van der Waals surface area contributed by atoms with Gasteiger partial charge in [-0.25, -0.2) is 18.3 Å². The second-order valence-electron chi connectivity index (χ2n) is 13.5. The lowest BCUT2D eigenvalue weighted by molar-refractivity contribution is -0.120. The molecule has 2 saturated heterocycles. The fourth-order valence-corrected chi connectivity index (χ4v) is 8.04. The van der Waals surface area contributed by atoms with E-state index >= 15 is 0 Å². The molecule has 2 aliphatic heterocycles. The molecule has 2 aliphatic carbocycles. The molecule has 0 radical (unpaired) electrons. The molecule has 3 aromatic heterocycles. The van der Waals surface area contributed by atoms with Gasteiger partial charge in [0.15, 0.2) is 17.2 Å². The lowest BCUT2D eigenvalue weighted by Crippen LogP contribution is -2.40. The van der Waals surface area contributed by atoms with Gasteiger partial charge in [-0.2, -0.15) is 5.10 Å². The number of nitrogens with one attached hydrogen (secondary N) is 3. The molecule has 4 fully saturated rings. The zero-order valence-electron chi connectivity index (χ0n) is 25.8. The van der Waals surface area contributed by atoms with Crippen molar-refractivity contribution in [1.29, 1.82) is 0 Å². The zero-order valence-corrected chi connectivity index (χ0v) is 25.8. The minimum atomic E-state index is -2.84. The third-order valence-corrected chi connectivity index (χ3v) is 10.7. The molecule has 3 atom stereocenters. The predicted octanol–water partition coefficient (Wildman–Crippen LogP) is 4.38. The molecule has 45 heavy (non-hydrogen) atoms. The Kier molecular flexibility index (Phi) is 8.56. The van der Waals surface area contributed by atoms with Crippen LogP contribution in [-0.4, -0.2) is 74.3 Å². The Hall–Kier alpha value is -3.45. The Morgan fingerprint density at radius 3 is 2.62 bits per heavy atom. The Morgan fingerprint density at radius 2 is 1.91 bits per heavy atom. The van der Waals surface area contributed by atoms with E-state index in [0.29, 0.717) is 36.4 Å². The van der Waals surface area contributed by atoms with Crippen LogP contribution in [0.25, 0.3) is 5.65 Å². The molecule has 4 aliphatic rings. The Labute approximate surface area is 261 Å². The number of halogens is 2. The minimum absolute atomic E-state index is 0.00701. The molecule has 13 heteroatoms. The highest BCUT2D eigenvalue weighted by Crippen LogP contribution is 2.40. The van der Waals surface area contributed by atoms with Crippen LogP contribution >= 0.6 is 0 Å². The first-order chi connectivity index (χ1) is 21.9. The monoisotopic (exact) mass is 623 g/mol. The van der Waals surface area contributed by atoms with Crippen LogP contribution in [0.2, 0.25) is 0 Å². The molecule has 3 aromatic rings. The second kappa shape index (κ2) is 12.7. The number of carbonyl (C=O) groups is 2. The zero-order chi connectivity index (χ0) is 31.1. The number of rotatable bonds is 10. The van der Waals surface area contributed by atoms with Crippen molar-refractivity contribution in [2.75, 3.05) is 36.4 Å². The van der Waals surface area contributed by atoms with Gasteiger partial charge in [0.2, 0.25) is 0 Å². The van der Waals surface area contributed by atoms with E-state index in [1.54, 1.807) is 29.3 Å². The third-order valence-electron chi connectivity index (χ3n) is 10.7. The van der Waals surface area contributed by atoms with E-state index in [1.807, 2.05) is 4.90 Å². The van der Waals surface area contributed by atoms with Gasteiger partial charge >= 0.3 is 0 Å². The highest BCUT2D eigenvalue weighted by atomic mass is 19.3. The summed E-state index contributed by atoms with van der Waals surface area (Å²) in [5.41, 5.74) is 0.126. The third kappa shape index (κ3) is 6.08. The number of amides is 1. The molecule has 2 saturated carbocycles. The summed E-state index contributed by atoms with van der Waals surface area (Å²) in [7, 11) is 0. The summed E-state index contributed by atoms with van der Waals surface area (Å²) in [6, 6.07) is 2.22. The lowest BCUT2D eigenvalue weighted by Gasteiger charge is -2.31. The van der Waals surface area contributed by atoms with Crippen LogP contribution in [0.3, 0.4) is 0 Å². The van der Waals surface area contributed by atoms with E-state index in [1.165, 1.54) is 17.4 Å². The van der Waals surface area contributed by atoms with Crippen LogP contribution in [-0.2, 0) is 4.79 Å². The van der Waals surface area contributed by atoms with Crippen molar-refractivity contribution in [3.8, 4) is 0 Å². The van der Waals surface area contributed by atoms with Gasteiger partial charge in [-0.3, -0.25) is 14.3 Å². The molecular weight excluding hydrogens is 580 g/mol. The van der Waals surface area contributed by atoms with E-state index in [4.69, 9.17) is 0 Å². The molecule has 1 unspecified atom stereocenters. The number of anilines is 2. The number of aromatic nitrogens is 5. The van der Waals surface area contributed by atoms with Crippen molar-refractivity contribution < 1.29 is 18.4 Å². The number of nitrogens with zero attached hydrogens (tertiary/aromatic N) is 6. The first-order valence-corrected chi connectivity index (χ1v) is 16.6. The summed E-state index contributed by atoms with van der Waals surface area (Å²) in [4.78, 5) is 32.4. The molecule has 242 valence electrons. The molecule has 1 amide bonds. The minimum Gasteiger partial charge on any atom is -0.350 e. The van der Waals surface area contributed by atoms with Crippen molar-refractivity contribution in [3.63, 3.8) is 0 Å². The van der Waals surface area contributed by atoms with Gasteiger partial charge in [0.05, 0.1) is 11.7 Å². The number of carbonyl (C=O) groups excluding carboxylic acids is 2. The second-order valence-corrected chi connectivity index (χ2v) is 13.5. The van der Waals surface area contributed by atoms with Crippen molar-refractivity contribution in [2.24, 2.45) is 17.8 Å². The standard InChI is InChI=1S/C32H43F2N9O2/c1-19(21-8-11-35-12-9-21)36-13-7-20-3-5-23(6-4-20)43-18-25(28(39-43)29(33)34)38-32(45)27-30-37-10-2-14-42(30)40-31(27)41-17-22-15-24(41)16-26(22)44/h2,10,14,18-24,29,35-36H,3-9,11-13,15-17H2,1H3,(H,38,45)/t19?,20?,22-,23?,24-/m1/s1. The van der Waals surface area contributed by atoms with Gasteiger partial charge in [0.1, 0.15) is 11.3 Å². The fraction of sp³-hybridized carbons (Fsp3) is 0.656. The molecule has 3 N–H and O–H groups in total. The van der Waals surface area contributed by atoms with Gasteiger partial charge in [-0.15, -0.1) is 5.10 Å². The summed E-state index contributed by atoms with van der Waals surface area (Å²) in [5.74, 6) is 1.38. The fourth-order valence-electron chi connectivity index (χ4n) is 8.04. The van der Waals surface area contributed by atoms with E-state index in [2.05, 4.69) is 38.1 Å². The Balaban J connectivity index is 1.01. The first kappa shape index (κ1) is 30.2. The van der Waals surface area contributed by atoms with E-state index in [-0.39, 0.29) is 35.0 Å². The normalized spacial score (nSPS) is 26.3. The van der Waals surface area contributed by atoms with Crippen molar-refractivity contribution in [1.82, 2.24) is 35.0 Å². The summed E-state index contributed by atoms with van der Waals surface area (Å²) < 4.78 is 31.6. The van der Waals surface area contributed by atoms with Crippen molar-refractivity contribution >= 4 is 28.8 Å². The van der Waals surface area contributed by atoms with Crippen LogP contribution in [0.4, 0.5) is 20.3 Å². The number of hydrogen-bond acceptors (Lipinski definition) is 8. The molecule has 7 rings (SSSR count). The van der Waals surface area contributed by atoms with Crippen LogP contribution in [0, 0.1) is 17.8 Å². The first-order valence-electron chi connectivity index (χ1n) is 16.6. The maximum absolute atomic E-state index is 14.2. The highest BCUT2D eigenvalue weighted by Gasteiger charge is 2.46.